The van der Waals surface area contributed by atoms with Gasteiger partial charge in [0.1, 0.15) is 6.10 Å². The van der Waals surface area contributed by atoms with Crippen LogP contribution < -0.4 is 5.32 Å². The van der Waals surface area contributed by atoms with E-state index in [1.165, 1.54) is 19.3 Å². The molecule has 1 fully saturated rings. The van der Waals surface area contributed by atoms with Crippen molar-refractivity contribution in [1.29, 1.82) is 0 Å². The third kappa shape index (κ3) is 5.41. The van der Waals surface area contributed by atoms with Crippen molar-refractivity contribution in [3.8, 4) is 0 Å². The maximum absolute atomic E-state index is 12.2. The number of rotatable bonds is 8. The van der Waals surface area contributed by atoms with Gasteiger partial charge in [0.15, 0.2) is 0 Å². The normalized spacial score (nSPS) is 18.8. The molecule has 4 heteroatoms. The third-order valence-corrected chi connectivity index (χ3v) is 4.48. The molecular formula is C16H31NO3. The van der Waals surface area contributed by atoms with Crippen molar-refractivity contribution in [2.24, 2.45) is 0 Å². The average Bonchev–Trinajstić information content (AvgIpc) is 2.51. The number of aliphatic hydroxyl groups is 1. The van der Waals surface area contributed by atoms with Crippen LogP contribution in [0.1, 0.15) is 72.1 Å². The molecule has 0 aromatic carbocycles. The summed E-state index contributed by atoms with van der Waals surface area (Å²) in [7, 11) is 0. The fraction of sp³-hybridized carbons (Fsp3) is 0.938. The number of hydrogen-bond donors (Lipinski definition) is 2. The molecule has 0 heterocycles. The molecule has 0 saturated heterocycles. The smallest absolute Gasteiger partial charge is 0.249 e. The minimum absolute atomic E-state index is 0.0848. The fourth-order valence-corrected chi connectivity index (χ4v) is 2.64. The highest BCUT2D eigenvalue weighted by Crippen LogP contribution is 2.22. The summed E-state index contributed by atoms with van der Waals surface area (Å²) in [5.41, 5.74) is -0.793. The molecule has 4 nitrogen and oxygen atoms in total. The van der Waals surface area contributed by atoms with Crippen molar-refractivity contribution in [3.63, 3.8) is 0 Å². The molecule has 1 unspecified atom stereocenters. The van der Waals surface area contributed by atoms with Crippen molar-refractivity contribution in [2.75, 3.05) is 6.54 Å². The number of ether oxygens (including phenoxy) is 1. The number of carbonyl (C=O) groups is 1. The Morgan fingerprint density at radius 2 is 1.85 bits per heavy atom. The first-order valence-corrected chi connectivity index (χ1v) is 8.20. The van der Waals surface area contributed by atoms with Crippen LogP contribution in [-0.2, 0) is 9.53 Å². The maximum Gasteiger partial charge on any atom is 0.249 e. The summed E-state index contributed by atoms with van der Waals surface area (Å²) in [5.74, 6) is -0.0848. The van der Waals surface area contributed by atoms with Crippen LogP contribution in [-0.4, -0.2) is 35.4 Å². The minimum Gasteiger partial charge on any atom is -0.388 e. The zero-order chi connectivity index (χ0) is 15.0. The first kappa shape index (κ1) is 17.4. The van der Waals surface area contributed by atoms with Crippen molar-refractivity contribution >= 4 is 5.91 Å². The van der Waals surface area contributed by atoms with Crippen molar-refractivity contribution < 1.29 is 14.6 Å². The Kier molecular flexibility index (Phi) is 7.52. The third-order valence-electron chi connectivity index (χ3n) is 4.48. The van der Waals surface area contributed by atoms with E-state index < -0.39 is 5.60 Å². The highest BCUT2D eigenvalue weighted by Gasteiger charge is 2.27. The lowest BCUT2D eigenvalue weighted by molar-refractivity contribution is -0.139. The monoisotopic (exact) mass is 285 g/mol. The van der Waals surface area contributed by atoms with E-state index in [-0.39, 0.29) is 18.1 Å². The van der Waals surface area contributed by atoms with Crippen LogP contribution in [0, 0.1) is 0 Å². The van der Waals surface area contributed by atoms with E-state index in [4.69, 9.17) is 4.74 Å². The summed E-state index contributed by atoms with van der Waals surface area (Å²) in [6, 6.07) is 0. The molecule has 0 aromatic heterocycles. The van der Waals surface area contributed by atoms with Crippen LogP contribution in [0.3, 0.4) is 0 Å². The number of hydrogen-bond acceptors (Lipinski definition) is 3. The summed E-state index contributed by atoms with van der Waals surface area (Å²) in [6.07, 6.45) is 7.64. The average molecular weight is 285 g/mol. The van der Waals surface area contributed by atoms with Crippen LogP contribution in [0.15, 0.2) is 0 Å². The number of amides is 1. The predicted octanol–water partition coefficient (Wildman–Crippen LogP) is 2.78. The van der Waals surface area contributed by atoms with E-state index in [1.54, 1.807) is 0 Å². The highest BCUT2D eigenvalue weighted by molar-refractivity contribution is 5.80. The topological polar surface area (TPSA) is 58.6 Å². The molecule has 118 valence electrons. The Hall–Kier alpha value is -0.610. The Balaban J connectivity index is 2.41. The molecule has 1 aliphatic carbocycles. The molecule has 1 atom stereocenters. The van der Waals surface area contributed by atoms with Crippen LogP contribution >= 0.6 is 0 Å². The Labute approximate surface area is 123 Å². The summed E-state index contributed by atoms with van der Waals surface area (Å²) in [4.78, 5) is 12.2. The lowest BCUT2D eigenvalue weighted by Crippen LogP contribution is -2.46. The van der Waals surface area contributed by atoms with Crippen molar-refractivity contribution in [1.82, 2.24) is 5.32 Å². The van der Waals surface area contributed by atoms with Crippen LogP contribution in [0.5, 0.6) is 0 Å². The fourth-order valence-electron chi connectivity index (χ4n) is 2.64. The molecule has 0 bridgehead atoms. The summed E-state index contributed by atoms with van der Waals surface area (Å²) >= 11 is 0. The van der Waals surface area contributed by atoms with E-state index in [0.29, 0.717) is 25.8 Å². The van der Waals surface area contributed by atoms with Gasteiger partial charge in [0.2, 0.25) is 5.91 Å². The van der Waals surface area contributed by atoms with Crippen LogP contribution in [0.2, 0.25) is 0 Å². The van der Waals surface area contributed by atoms with Gasteiger partial charge in [-0.3, -0.25) is 4.79 Å². The quantitative estimate of drug-likeness (QED) is 0.721. The molecule has 0 spiro atoms. The standard InChI is InChI=1S/C16H31NO3/c1-4-14(20-13-10-8-7-9-11-13)15(18)17-12-16(19,5-2)6-3/h13-14,19H,4-12H2,1-3H3,(H,17,18). The molecule has 1 rings (SSSR count). The first-order valence-electron chi connectivity index (χ1n) is 8.20. The second-order valence-corrected chi connectivity index (χ2v) is 5.94. The molecule has 0 radical (unpaired) electrons. The van der Waals surface area contributed by atoms with E-state index >= 15 is 0 Å². The lowest BCUT2D eigenvalue weighted by atomic mass is 9.97. The molecule has 1 saturated carbocycles. The second-order valence-electron chi connectivity index (χ2n) is 5.94. The summed E-state index contributed by atoms with van der Waals surface area (Å²) < 4.78 is 5.94. The van der Waals surface area contributed by atoms with Crippen molar-refractivity contribution in [3.05, 3.63) is 0 Å². The first-order chi connectivity index (χ1) is 9.54. The molecule has 1 aliphatic rings. The van der Waals surface area contributed by atoms with Gasteiger partial charge in [-0.25, -0.2) is 0 Å². The van der Waals surface area contributed by atoms with Gasteiger partial charge < -0.3 is 15.2 Å². The number of nitrogens with one attached hydrogen (secondary N) is 1. The van der Waals surface area contributed by atoms with E-state index in [9.17, 15) is 9.90 Å². The molecule has 20 heavy (non-hydrogen) atoms. The molecule has 0 aliphatic heterocycles. The van der Waals surface area contributed by atoms with Gasteiger partial charge in [-0.1, -0.05) is 40.0 Å². The Morgan fingerprint density at radius 3 is 2.35 bits per heavy atom. The molecular weight excluding hydrogens is 254 g/mol. The zero-order valence-corrected chi connectivity index (χ0v) is 13.3. The van der Waals surface area contributed by atoms with Crippen LogP contribution in [0.4, 0.5) is 0 Å². The predicted molar refractivity (Wildman–Crippen MR) is 80.6 cm³/mol. The van der Waals surface area contributed by atoms with Gasteiger partial charge in [0, 0.05) is 6.54 Å². The Bertz CT molecular complexity index is 283. The SMILES string of the molecule is CCC(OC1CCCCC1)C(=O)NCC(O)(CC)CC. The largest absolute Gasteiger partial charge is 0.388 e. The summed E-state index contributed by atoms with van der Waals surface area (Å²) in [6.45, 7) is 6.15. The van der Waals surface area contributed by atoms with Gasteiger partial charge in [0.05, 0.1) is 11.7 Å². The Morgan fingerprint density at radius 1 is 1.25 bits per heavy atom. The number of carbonyl (C=O) groups excluding carboxylic acids is 1. The van der Waals surface area contributed by atoms with Crippen LogP contribution in [0.25, 0.3) is 0 Å². The lowest BCUT2D eigenvalue weighted by Gasteiger charge is -2.29. The molecule has 1 amide bonds. The van der Waals surface area contributed by atoms with Gasteiger partial charge in [-0.2, -0.15) is 0 Å². The maximum atomic E-state index is 12.2. The van der Waals surface area contributed by atoms with E-state index in [1.807, 2.05) is 20.8 Å². The van der Waals surface area contributed by atoms with E-state index in [0.717, 1.165) is 12.8 Å². The molecule has 0 aromatic rings. The molecule has 2 N–H and O–H groups in total. The van der Waals surface area contributed by atoms with Gasteiger partial charge >= 0.3 is 0 Å². The summed E-state index contributed by atoms with van der Waals surface area (Å²) in [5, 5.41) is 13.0. The zero-order valence-electron chi connectivity index (χ0n) is 13.3. The second kappa shape index (κ2) is 8.63. The van der Waals surface area contributed by atoms with Gasteiger partial charge in [0.25, 0.3) is 0 Å². The van der Waals surface area contributed by atoms with Gasteiger partial charge in [-0.05, 0) is 32.1 Å². The van der Waals surface area contributed by atoms with Crippen molar-refractivity contribution in [2.45, 2.75) is 89.9 Å². The highest BCUT2D eigenvalue weighted by atomic mass is 16.5. The minimum atomic E-state index is -0.793. The van der Waals surface area contributed by atoms with E-state index in [2.05, 4.69) is 5.32 Å². The van der Waals surface area contributed by atoms with Gasteiger partial charge in [-0.15, -0.1) is 0 Å².